The number of halogens is 3. The second-order valence-electron chi connectivity index (χ2n) is 6.96. The molecule has 0 atom stereocenters. The standard InChI is InChI=1S/C17H27F3N2O3S/c1-13(2)11-22(12-14(3)4)10-9-21-26(23,24)16-7-5-15(6-8-16)25-17(18,19)20/h5-8,13-14,21H,9-12H2,1-4H3. The summed E-state index contributed by atoms with van der Waals surface area (Å²) >= 11 is 0. The Balaban J connectivity index is 2.65. The van der Waals surface area contributed by atoms with Crippen molar-refractivity contribution >= 4 is 10.0 Å². The largest absolute Gasteiger partial charge is 0.573 e. The Bertz CT molecular complexity index is 634. The van der Waals surface area contributed by atoms with E-state index in [0.29, 0.717) is 18.4 Å². The van der Waals surface area contributed by atoms with Crippen LogP contribution in [0.5, 0.6) is 5.75 Å². The predicted molar refractivity (Wildman–Crippen MR) is 94.4 cm³/mol. The lowest BCUT2D eigenvalue weighted by Gasteiger charge is -2.26. The average molecular weight is 396 g/mol. The number of nitrogens with zero attached hydrogens (tertiary/aromatic N) is 1. The van der Waals surface area contributed by atoms with E-state index in [2.05, 4.69) is 42.1 Å². The first-order valence-corrected chi connectivity index (χ1v) is 9.95. The zero-order chi connectivity index (χ0) is 20.0. The molecule has 0 heterocycles. The van der Waals surface area contributed by atoms with Crippen molar-refractivity contribution < 1.29 is 26.3 Å². The van der Waals surface area contributed by atoms with E-state index in [1.807, 2.05) is 0 Å². The van der Waals surface area contributed by atoms with Crippen molar-refractivity contribution in [2.75, 3.05) is 26.2 Å². The van der Waals surface area contributed by atoms with Gasteiger partial charge in [0.2, 0.25) is 10.0 Å². The second kappa shape index (κ2) is 9.57. The number of hydrogen-bond acceptors (Lipinski definition) is 4. The van der Waals surface area contributed by atoms with Gasteiger partial charge in [0, 0.05) is 26.2 Å². The first-order valence-electron chi connectivity index (χ1n) is 8.47. The third-order valence-electron chi connectivity index (χ3n) is 3.33. The summed E-state index contributed by atoms with van der Waals surface area (Å²) in [6.45, 7) is 10.9. The Morgan fingerprint density at radius 1 is 1.04 bits per heavy atom. The molecule has 0 unspecified atom stereocenters. The molecule has 0 spiro atoms. The van der Waals surface area contributed by atoms with Gasteiger partial charge < -0.3 is 9.64 Å². The number of rotatable bonds is 10. The Morgan fingerprint density at radius 2 is 1.54 bits per heavy atom. The first-order chi connectivity index (χ1) is 11.9. The number of benzene rings is 1. The molecule has 0 aromatic heterocycles. The molecular formula is C17H27F3N2O3S. The van der Waals surface area contributed by atoms with Crippen LogP contribution in [0.3, 0.4) is 0 Å². The quantitative estimate of drug-likeness (QED) is 0.658. The molecule has 1 rings (SSSR count). The number of nitrogens with one attached hydrogen (secondary N) is 1. The molecule has 0 saturated carbocycles. The Kier molecular flexibility index (Phi) is 8.36. The van der Waals surface area contributed by atoms with Crippen molar-refractivity contribution in [2.24, 2.45) is 11.8 Å². The number of sulfonamides is 1. The third-order valence-corrected chi connectivity index (χ3v) is 4.81. The molecular weight excluding hydrogens is 369 g/mol. The number of hydrogen-bond donors (Lipinski definition) is 1. The van der Waals surface area contributed by atoms with Crippen molar-refractivity contribution in [1.29, 1.82) is 0 Å². The number of alkyl halides is 3. The van der Waals surface area contributed by atoms with Crippen LogP contribution in [-0.2, 0) is 10.0 Å². The van der Waals surface area contributed by atoms with Gasteiger partial charge in [-0.05, 0) is 36.1 Å². The van der Waals surface area contributed by atoms with Crippen LogP contribution in [0.4, 0.5) is 13.2 Å². The zero-order valence-electron chi connectivity index (χ0n) is 15.5. The second-order valence-corrected chi connectivity index (χ2v) is 8.73. The van der Waals surface area contributed by atoms with E-state index >= 15 is 0 Å². The molecule has 0 radical (unpaired) electrons. The summed E-state index contributed by atoms with van der Waals surface area (Å²) in [5, 5.41) is 0. The van der Waals surface area contributed by atoms with E-state index in [-0.39, 0.29) is 11.4 Å². The highest BCUT2D eigenvalue weighted by molar-refractivity contribution is 7.89. The van der Waals surface area contributed by atoms with Crippen LogP contribution in [-0.4, -0.2) is 45.9 Å². The monoisotopic (exact) mass is 396 g/mol. The fourth-order valence-corrected chi connectivity index (χ4v) is 3.55. The zero-order valence-corrected chi connectivity index (χ0v) is 16.3. The van der Waals surface area contributed by atoms with Crippen molar-refractivity contribution in [2.45, 2.75) is 39.0 Å². The number of ether oxygens (including phenoxy) is 1. The SMILES string of the molecule is CC(C)CN(CCNS(=O)(=O)c1ccc(OC(F)(F)F)cc1)CC(C)C. The van der Waals surface area contributed by atoms with Gasteiger partial charge >= 0.3 is 6.36 Å². The minimum Gasteiger partial charge on any atom is -0.406 e. The first kappa shape index (κ1) is 22.7. The third kappa shape index (κ3) is 8.86. The molecule has 0 aliphatic heterocycles. The van der Waals surface area contributed by atoms with Gasteiger partial charge in [0.1, 0.15) is 5.75 Å². The summed E-state index contributed by atoms with van der Waals surface area (Å²) in [7, 11) is -3.79. The van der Waals surface area contributed by atoms with Gasteiger partial charge in [-0.1, -0.05) is 27.7 Å². The summed E-state index contributed by atoms with van der Waals surface area (Å²) in [6.07, 6.45) is -4.81. The molecule has 5 nitrogen and oxygen atoms in total. The lowest BCUT2D eigenvalue weighted by atomic mass is 10.1. The molecule has 0 fully saturated rings. The Morgan fingerprint density at radius 3 is 1.96 bits per heavy atom. The molecule has 1 aromatic rings. The fourth-order valence-electron chi connectivity index (χ4n) is 2.53. The van der Waals surface area contributed by atoms with E-state index in [9.17, 15) is 21.6 Å². The van der Waals surface area contributed by atoms with Crippen molar-refractivity contribution in [1.82, 2.24) is 9.62 Å². The molecule has 9 heteroatoms. The summed E-state index contributed by atoms with van der Waals surface area (Å²) in [5.74, 6) is 0.467. The molecule has 1 aromatic carbocycles. The van der Waals surface area contributed by atoms with Crippen LogP contribution < -0.4 is 9.46 Å². The minimum atomic E-state index is -4.81. The molecule has 0 aliphatic rings. The average Bonchev–Trinajstić information content (AvgIpc) is 2.44. The lowest BCUT2D eigenvalue weighted by molar-refractivity contribution is -0.274. The molecule has 0 aliphatic carbocycles. The van der Waals surface area contributed by atoms with Crippen molar-refractivity contribution in [3.05, 3.63) is 24.3 Å². The Labute approximate surface area is 153 Å². The maximum absolute atomic E-state index is 12.3. The summed E-state index contributed by atoms with van der Waals surface area (Å²) in [6, 6.07) is 4.13. The van der Waals surface area contributed by atoms with Crippen molar-refractivity contribution in [3.63, 3.8) is 0 Å². The molecule has 26 heavy (non-hydrogen) atoms. The van der Waals surface area contributed by atoms with Gasteiger partial charge in [-0.3, -0.25) is 0 Å². The van der Waals surface area contributed by atoms with Gasteiger partial charge in [-0.2, -0.15) is 0 Å². The summed E-state index contributed by atoms with van der Waals surface area (Å²) in [4.78, 5) is 2.09. The van der Waals surface area contributed by atoms with Crippen molar-refractivity contribution in [3.8, 4) is 5.75 Å². The Hall–Kier alpha value is -1.32. The highest BCUT2D eigenvalue weighted by Crippen LogP contribution is 2.23. The van der Waals surface area contributed by atoms with Crippen LogP contribution in [0.1, 0.15) is 27.7 Å². The van der Waals surface area contributed by atoms with Gasteiger partial charge in [0.15, 0.2) is 0 Å². The van der Waals surface area contributed by atoms with E-state index in [0.717, 1.165) is 37.4 Å². The summed E-state index contributed by atoms with van der Waals surface area (Å²) in [5.41, 5.74) is 0. The summed E-state index contributed by atoms with van der Waals surface area (Å²) < 4.78 is 67.2. The molecule has 0 bridgehead atoms. The predicted octanol–water partition coefficient (Wildman–Crippen LogP) is 3.48. The van der Waals surface area contributed by atoms with Gasteiger partial charge in [-0.25, -0.2) is 13.1 Å². The van der Waals surface area contributed by atoms with Crippen LogP contribution >= 0.6 is 0 Å². The van der Waals surface area contributed by atoms with Crippen LogP contribution in [0, 0.1) is 11.8 Å². The lowest BCUT2D eigenvalue weighted by Crippen LogP contribution is -2.38. The van der Waals surface area contributed by atoms with E-state index < -0.39 is 22.1 Å². The van der Waals surface area contributed by atoms with E-state index in [1.54, 1.807) is 0 Å². The molecule has 0 amide bonds. The van der Waals surface area contributed by atoms with E-state index in [4.69, 9.17) is 0 Å². The van der Waals surface area contributed by atoms with Gasteiger partial charge in [-0.15, -0.1) is 13.2 Å². The van der Waals surface area contributed by atoms with Crippen LogP contribution in [0.2, 0.25) is 0 Å². The van der Waals surface area contributed by atoms with Gasteiger partial charge in [0.05, 0.1) is 4.90 Å². The highest BCUT2D eigenvalue weighted by Gasteiger charge is 2.31. The van der Waals surface area contributed by atoms with Crippen LogP contribution in [0.25, 0.3) is 0 Å². The maximum Gasteiger partial charge on any atom is 0.573 e. The normalized spacial score (nSPS) is 13.0. The topological polar surface area (TPSA) is 58.6 Å². The van der Waals surface area contributed by atoms with Crippen LogP contribution in [0.15, 0.2) is 29.2 Å². The molecule has 0 saturated heterocycles. The maximum atomic E-state index is 12.3. The molecule has 150 valence electrons. The highest BCUT2D eigenvalue weighted by atomic mass is 32.2. The smallest absolute Gasteiger partial charge is 0.406 e. The van der Waals surface area contributed by atoms with Gasteiger partial charge in [0.25, 0.3) is 0 Å². The fraction of sp³-hybridized carbons (Fsp3) is 0.647. The molecule has 1 N–H and O–H groups in total. The van der Waals surface area contributed by atoms with E-state index in [1.165, 1.54) is 0 Å². The minimum absolute atomic E-state index is 0.105.